The fourth-order valence-electron chi connectivity index (χ4n) is 2.64. The van der Waals surface area contributed by atoms with Crippen molar-refractivity contribution in [3.8, 4) is 0 Å². The molecule has 0 radical (unpaired) electrons. The highest BCUT2D eigenvalue weighted by molar-refractivity contribution is 7.80. The first-order valence-electron chi connectivity index (χ1n) is 6.73. The van der Waals surface area contributed by atoms with Crippen LogP contribution in [0.1, 0.15) is 13.3 Å². The maximum atomic E-state index is 11.8. The van der Waals surface area contributed by atoms with E-state index in [1.165, 1.54) is 0 Å². The highest BCUT2D eigenvalue weighted by Crippen LogP contribution is 2.31. The van der Waals surface area contributed by atoms with Crippen LogP contribution in [0.15, 0.2) is 36.0 Å². The van der Waals surface area contributed by atoms with Crippen LogP contribution in [-0.2, 0) is 9.53 Å². The Morgan fingerprint density at radius 2 is 2.45 bits per heavy atom. The lowest BCUT2D eigenvalue weighted by Gasteiger charge is -2.40. The molecule has 0 amide bonds. The van der Waals surface area contributed by atoms with Crippen LogP contribution in [-0.4, -0.2) is 48.1 Å². The van der Waals surface area contributed by atoms with Gasteiger partial charge in [-0.2, -0.15) is 0 Å². The maximum absolute atomic E-state index is 11.8. The largest absolute Gasteiger partial charge is 0.369 e. The Hall–Kier alpha value is -1.46. The smallest absolute Gasteiger partial charge is 0.188 e. The minimum atomic E-state index is -0.467. The predicted molar refractivity (Wildman–Crippen MR) is 83.6 cm³/mol. The summed E-state index contributed by atoms with van der Waals surface area (Å²) in [5.41, 5.74) is 2.25. The molecule has 4 nitrogen and oxygen atoms in total. The standard InChI is InChI=1S/C15H20N2O2S/c1-4-6-16-15(20)17-7-5-11-8-13(18)14(19-3)9-12(11)10(17)2/h4,8-10,14H,1,5-7H2,2-3H3,(H,16,20). The third-order valence-corrected chi connectivity index (χ3v) is 4.13. The van der Waals surface area contributed by atoms with Crippen LogP contribution >= 0.6 is 12.2 Å². The Bertz CT molecular complexity index is 496. The summed E-state index contributed by atoms with van der Waals surface area (Å²) in [5, 5.41) is 3.88. The van der Waals surface area contributed by atoms with Crippen LogP contribution in [0, 0.1) is 0 Å². The predicted octanol–water partition coefficient (Wildman–Crippen LogP) is 1.59. The van der Waals surface area contributed by atoms with Gasteiger partial charge < -0.3 is 15.0 Å². The first-order chi connectivity index (χ1) is 9.58. The molecule has 1 fully saturated rings. The average Bonchev–Trinajstić information content (AvgIpc) is 2.44. The van der Waals surface area contributed by atoms with Gasteiger partial charge in [0.2, 0.25) is 0 Å². The highest BCUT2D eigenvalue weighted by atomic mass is 32.1. The Kier molecular flexibility index (Phi) is 4.73. The maximum Gasteiger partial charge on any atom is 0.188 e. The summed E-state index contributed by atoms with van der Waals surface area (Å²) in [6.45, 7) is 7.25. The number of hydrogen-bond donors (Lipinski definition) is 1. The minimum Gasteiger partial charge on any atom is -0.369 e. The number of nitrogens with one attached hydrogen (secondary N) is 1. The number of likely N-dealkylation sites (tertiary alicyclic amines) is 1. The quantitative estimate of drug-likeness (QED) is 0.632. The second-order valence-electron chi connectivity index (χ2n) is 4.94. The van der Waals surface area contributed by atoms with Crippen molar-refractivity contribution >= 4 is 23.1 Å². The van der Waals surface area contributed by atoms with E-state index in [1.807, 2.05) is 6.08 Å². The number of methoxy groups -OCH3 is 1. The van der Waals surface area contributed by atoms with Crippen LogP contribution in [0.5, 0.6) is 0 Å². The van der Waals surface area contributed by atoms with Gasteiger partial charge >= 0.3 is 0 Å². The lowest BCUT2D eigenvalue weighted by atomic mass is 9.85. The van der Waals surface area contributed by atoms with E-state index >= 15 is 0 Å². The molecule has 1 N–H and O–H groups in total. The van der Waals surface area contributed by atoms with Crippen molar-refractivity contribution in [3.05, 3.63) is 36.0 Å². The van der Waals surface area contributed by atoms with Gasteiger partial charge in [0, 0.05) is 20.2 Å². The molecule has 0 aromatic rings. The van der Waals surface area contributed by atoms with E-state index in [0.717, 1.165) is 29.2 Å². The van der Waals surface area contributed by atoms with Gasteiger partial charge in [-0.1, -0.05) is 6.08 Å². The molecule has 0 saturated carbocycles. The van der Waals surface area contributed by atoms with Gasteiger partial charge in [-0.05, 0) is 48.9 Å². The zero-order valence-electron chi connectivity index (χ0n) is 11.9. The Labute approximate surface area is 125 Å². The summed E-state index contributed by atoms with van der Waals surface area (Å²) >= 11 is 5.41. The van der Waals surface area contributed by atoms with Gasteiger partial charge in [-0.15, -0.1) is 6.58 Å². The zero-order chi connectivity index (χ0) is 14.7. The van der Waals surface area contributed by atoms with Crippen molar-refractivity contribution in [2.75, 3.05) is 20.2 Å². The molecule has 20 heavy (non-hydrogen) atoms. The molecule has 0 bridgehead atoms. The number of hydrogen-bond acceptors (Lipinski definition) is 3. The SMILES string of the molecule is C=CCNC(=S)N1CCC2=CC(=O)C(OC)C=C2C1C. The molecule has 1 aliphatic heterocycles. The number of nitrogens with zero attached hydrogens (tertiary/aromatic N) is 1. The molecule has 1 heterocycles. The number of carbonyl (C=O) groups excluding carboxylic acids is 1. The van der Waals surface area contributed by atoms with Crippen molar-refractivity contribution in [2.45, 2.75) is 25.5 Å². The van der Waals surface area contributed by atoms with Crippen molar-refractivity contribution in [3.63, 3.8) is 0 Å². The first kappa shape index (κ1) is 14.9. The topological polar surface area (TPSA) is 41.6 Å². The van der Waals surface area contributed by atoms with Gasteiger partial charge in [0.15, 0.2) is 10.9 Å². The lowest BCUT2D eigenvalue weighted by Crippen LogP contribution is -2.49. The summed E-state index contributed by atoms with van der Waals surface area (Å²) in [6.07, 6.45) is 5.79. The molecule has 2 aliphatic rings. The second kappa shape index (κ2) is 6.33. The zero-order valence-corrected chi connectivity index (χ0v) is 12.7. The number of thiocarbonyl (C=S) groups is 1. The number of ether oxygens (including phenoxy) is 1. The van der Waals surface area contributed by atoms with Crippen LogP contribution < -0.4 is 5.32 Å². The summed E-state index contributed by atoms with van der Waals surface area (Å²) in [7, 11) is 1.56. The van der Waals surface area contributed by atoms with Crippen LogP contribution in [0.3, 0.4) is 0 Å². The van der Waals surface area contributed by atoms with Crippen molar-refractivity contribution in [2.24, 2.45) is 0 Å². The number of carbonyl (C=O) groups is 1. The molecule has 2 rings (SSSR count). The highest BCUT2D eigenvalue weighted by Gasteiger charge is 2.32. The van der Waals surface area contributed by atoms with Gasteiger partial charge in [-0.25, -0.2) is 0 Å². The van der Waals surface area contributed by atoms with E-state index in [2.05, 4.69) is 23.7 Å². The van der Waals surface area contributed by atoms with Crippen molar-refractivity contribution in [1.29, 1.82) is 0 Å². The molecule has 0 spiro atoms. The Balaban J connectivity index is 2.17. The molecule has 108 valence electrons. The van der Waals surface area contributed by atoms with Crippen molar-refractivity contribution < 1.29 is 9.53 Å². The summed E-state index contributed by atoms with van der Waals surface area (Å²) < 4.78 is 5.21. The minimum absolute atomic E-state index is 0.0271. The Morgan fingerprint density at radius 3 is 3.10 bits per heavy atom. The summed E-state index contributed by atoms with van der Waals surface area (Å²) in [5.74, 6) is 0.0271. The molecule has 1 aliphatic carbocycles. The van der Waals surface area contributed by atoms with Crippen LogP contribution in [0.2, 0.25) is 0 Å². The monoisotopic (exact) mass is 292 g/mol. The number of piperidine rings is 1. The summed E-state index contributed by atoms with van der Waals surface area (Å²) in [6, 6.07) is 0.144. The van der Waals surface area contributed by atoms with Gasteiger partial charge in [0.05, 0.1) is 6.04 Å². The van der Waals surface area contributed by atoms with E-state index in [9.17, 15) is 4.79 Å². The van der Waals surface area contributed by atoms with Crippen LogP contribution in [0.4, 0.5) is 0 Å². The molecule has 0 aromatic carbocycles. The van der Waals surface area contributed by atoms with E-state index in [-0.39, 0.29) is 11.8 Å². The van der Waals surface area contributed by atoms with Gasteiger partial charge in [0.25, 0.3) is 0 Å². The summed E-state index contributed by atoms with van der Waals surface area (Å²) in [4.78, 5) is 14.0. The lowest BCUT2D eigenvalue weighted by molar-refractivity contribution is -0.121. The van der Waals surface area contributed by atoms with Gasteiger partial charge in [-0.3, -0.25) is 4.79 Å². The molecule has 1 saturated heterocycles. The second-order valence-corrected chi connectivity index (χ2v) is 5.33. The first-order valence-corrected chi connectivity index (χ1v) is 7.14. The number of fused-ring (bicyclic) bond motifs is 1. The van der Waals surface area contributed by atoms with E-state index in [4.69, 9.17) is 17.0 Å². The molecule has 5 heteroatoms. The fourth-order valence-corrected chi connectivity index (χ4v) is 2.97. The molecule has 2 atom stereocenters. The van der Waals surface area contributed by atoms with E-state index in [1.54, 1.807) is 19.3 Å². The molecule has 0 aromatic heterocycles. The van der Waals surface area contributed by atoms with Crippen LogP contribution in [0.25, 0.3) is 0 Å². The fraction of sp³-hybridized carbons (Fsp3) is 0.467. The molecular weight excluding hydrogens is 272 g/mol. The number of ketones is 1. The third kappa shape index (κ3) is 2.83. The van der Waals surface area contributed by atoms with E-state index < -0.39 is 6.10 Å². The molecule has 2 unspecified atom stereocenters. The average molecular weight is 292 g/mol. The number of rotatable bonds is 3. The third-order valence-electron chi connectivity index (χ3n) is 3.75. The van der Waals surface area contributed by atoms with E-state index in [0.29, 0.717) is 6.54 Å². The van der Waals surface area contributed by atoms with Gasteiger partial charge in [0.1, 0.15) is 6.10 Å². The Morgan fingerprint density at radius 1 is 1.70 bits per heavy atom. The normalized spacial score (nSPS) is 25.5. The molecular formula is C15H20N2O2S. The van der Waals surface area contributed by atoms with Crippen molar-refractivity contribution in [1.82, 2.24) is 10.2 Å².